The van der Waals surface area contributed by atoms with Crippen molar-refractivity contribution in [2.24, 2.45) is 0 Å². The van der Waals surface area contributed by atoms with Crippen LogP contribution in [0.1, 0.15) is 49.3 Å². The van der Waals surface area contributed by atoms with Crippen molar-refractivity contribution in [3.63, 3.8) is 0 Å². The molecule has 0 fully saturated rings. The van der Waals surface area contributed by atoms with Crippen LogP contribution in [0.5, 0.6) is 11.5 Å². The van der Waals surface area contributed by atoms with Gasteiger partial charge in [-0.1, -0.05) is 38.5 Å². The average Bonchev–Trinajstić information content (AvgIpc) is 3.44. The molecule has 1 N–H and O–H groups in total. The highest BCUT2D eigenvalue weighted by molar-refractivity contribution is 5.99. The molecule has 34 heavy (non-hydrogen) atoms. The Labute approximate surface area is 199 Å². The van der Waals surface area contributed by atoms with E-state index in [-0.39, 0.29) is 30.6 Å². The molecule has 0 unspecified atom stereocenters. The summed E-state index contributed by atoms with van der Waals surface area (Å²) in [6, 6.07) is 14.8. The number of carbonyl (C=O) groups excluding carboxylic acids is 2. The molecule has 0 atom stereocenters. The van der Waals surface area contributed by atoms with Crippen LogP contribution in [0, 0.1) is 6.92 Å². The van der Waals surface area contributed by atoms with E-state index < -0.39 is 0 Å². The lowest BCUT2D eigenvalue weighted by Gasteiger charge is -2.20. The maximum atomic E-state index is 13.1. The highest BCUT2D eigenvalue weighted by atomic mass is 16.7. The van der Waals surface area contributed by atoms with Crippen molar-refractivity contribution in [1.29, 1.82) is 0 Å². The van der Waals surface area contributed by atoms with E-state index in [1.54, 1.807) is 22.9 Å². The van der Waals surface area contributed by atoms with Gasteiger partial charge in [0, 0.05) is 23.6 Å². The first-order chi connectivity index (χ1) is 16.2. The number of rotatable bonds is 6. The summed E-state index contributed by atoms with van der Waals surface area (Å²) in [6.45, 7) is 10.5. The number of amides is 2. The average molecular weight is 463 g/mol. The molecular formula is C26H30N4O4. The van der Waals surface area contributed by atoms with Gasteiger partial charge in [-0.05, 0) is 44.2 Å². The first-order valence-electron chi connectivity index (χ1n) is 11.3. The molecule has 0 saturated carbocycles. The van der Waals surface area contributed by atoms with Gasteiger partial charge in [0.1, 0.15) is 12.4 Å². The maximum Gasteiger partial charge on any atom is 0.254 e. The molecule has 8 heteroatoms. The van der Waals surface area contributed by atoms with Gasteiger partial charge >= 0.3 is 0 Å². The van der Waals surface area contributed by atoms with Gasteiger partial charge in [0.15, 0.2) is 11.5 Å². The van der Waals surface area contributed by atoms with Crippen molar-refractivity contribution in [3.8, 4) is 17.2 Å². The fourth-order valence-electron chi connectivity index (χ4n) is 3.61. The van der Waals surface area contributed by atoms with Gasteiger partial charge in [-0.15, -0.1) is 0 Å². The second-order valence-corrected chi connectivity index (χ2v) is 9.35. The van der Waals surface area contributed by atoms with Crippen molar-refractivity contribution in [2.45, 2.75) is 40.0 Å². The first-order valence-corrected chi connectivity index (χ1v) is 11.3. The lowest BCUT2D eigenvalue weighted by molar-refractivity contribution is -0.116. The smallest absolute Gasteiger partial charge is 0.254 e. The van der Waals surface area contributed by atoms with Crippen molar-refractivity contribution in [3.05, 3.63) is 65.4 Å². The molecule has 2 aromatic carbocycles. The monoisotopic (exact) mass is 462 g/mol. The van der Waals surface area contributed by atoms with E-state index in [4.69, 9.17) is 14.6 Å². The number of nitrogens with one attached hydrogen (secondary N) is 1. The molecule has 0 bridgehead atoms. The van der Waals surface area contributed by atoms with E-state index in [9.17, 15) is 9.59 Å². The number of benzene rings is 2. The number of aromatic nitrogens is 2. The standard InChI is InChI=1S/C26H30N4O4/c1-6-29(25(32)18-9-12-20-21(13-18)34-16-33-20)15-24(31)27-23-14-22(26(3,4)5)28-30(23)19-10-7-17(2)8-11-19/h7-14H,6,15-16H2,1-5H3,(H,27,31). The molecule has 0 aliphatic carbocycles. The number of likely N-dealkylation sites (N-methyl/N-ethyl adjacent to an activating group) is 1. The molecule has 1 aromatic heterocycles. The minimum absolute atomic E-state index is 0.0896. The summed E-state index contributed by atoms with van der Waals surface area (Å²) >= 11 is 0. The van der Waals surface area contributed by atoms with Crippen LogP contribution < -0.4 is 14.8 Å². The Kier molecular flexibility index (Phi) is 6.32. The molecule has 2 amide bonds. The van der Waals surface area contributed by atoms with Crippen LogP contribution in [0.4, 0.5) is 5.82 Å². The number of hydrogen-bond donors (Lipinski definition) is 1. The third kappa shape index (κ3) is 4.90. The van der Waals surface area contributed by atoms with Crippen LogP contribution in [0.15, 0.2) is 48.5 Å². The summed E-state index contributed by atoms with van der Waals surface area (Å²) in [5, 5.41) is 7.70. The molecular weight excluding hydrogens is 432 g/mol. The predicted molar refractivity (Wildman–Crippen MR) is 130 cm³/mol. The zero-order chi connectivity index (χ0) is 24.5. The highest BCUT2D eigenvalue weighted by Gasteiger charge is 2.24. The van der Waals surface area contributed by atoms with E-state index in [0.717, 1.165) is 16.9 Å². The van der Waals surface area contributed by atoms with Crippen LogP contribution in [-0.2, 0) is 10.2 Å². The Bertz CT molecular complexity index is 1210. The Morgan fingerprint density at radius 2 is 1.76 bits per heavy atom. The quantitative estimate of drug-likeness (QED) is 0.590. The Hall–Kier alpha value is -3.81. The second-order valence-electron chi connectivity index (χ2n) is 9.35. The second kappa shape index (κ2) is 9.21. The third-order valence-electron chi connectivity index (χ3n) is 5.65. The molecule has 0 saturated heterocycles. The summed E-state index contributed by atoms with van der Waals surface area (Å²) in [4.78, 5) is 27.6. The first kappa shape index (κ1) is 23.4. The summed E-state index contributed by atoms with van der Waals surface area (Å²) in [5.41, 5.74) is 3.09. The number of nitrogens with zero attached hydrogens (tertiary/aromatic N) is 3. The normalized spacial score (nSPS) is 12.5. The minimum atomic E-state index is -0.301. The molecule has 8 nitrogen and oxygen atoms in total. The third-order valence-corrected chi connectivity index (χ3v) is 5.65. The highest BCUT2D eigenvalue weighted by Crippen LogP contribution is 2.33. The lowest BCUT2D eigenvalue weighted by atomic mass is 9.92. The SMILES string of the molecule is CCN(CC(=O)Nc1cc(C(C)(C)C)nn1-c1ccc(C)cc1)C(=O)c1ccc2c(c1)OCO2. The molecule has 0 spiro atoms. The van der Waals surface area contributed by atoms with Crippen molar-refractivity contribution < 1.29 is 19.1 Å². The fourth-order valence-corrected chi connectivity index (χ4v) is 3.61. The molecule has 178 valence electrons. The van der Waals surface area contributed by atoms with Gasteiger partial charge in [0.05, 0.1) is 11.4 Å². The number of ether oxygens (including phenoxy) is 2. The molecule has 1 aliphatic heterocycles. The minimum Gasteiger partial charge on any atom is -0.454 e. The van der Waals surface area contributed by atoms with Crippen LogP contribution in [0.25, 0.3) is 5.69 Å². The summed E-state index contributed by atoms with van der Waals surface area (Å²) in [5.74, 6) is 1.15. The Balaban J connectivity index is 1.53. The zero-order valence-corrected chi connectivity index (χ0v) is 20.2. The van der Waals surface area contributed by atoms with Crippen LogP contribution in [0.2, 0.25) is 0 Å². The van der Waals surface area contributed by atoms with E-state index in [0.29, 0.717) is 29.4 Å². The van der Waals surface area contributed by atoms with E-state index in [1.807, 2.05) is 44.2 Å². The van der Waals surface area contributed by atoms with Crippen LogP contribution in [-0.4, -0.2) is 46.4 Å². The Morgan fingerprint density at radius 1 is 1.06 bits per heavy atom. The van der Waals surface area contributed by atoms with E-state index in [2.05, 4.69) is 26.1 Å². The zero-order valence-electron chi connectivity index (χ0n) is 20.2. The summed E-state index contributed by atoms with van der Waals surface area (Å²) in [6.07, 6.45) is 0. The topological polar surface area (TPSA) is 85.7 Å². The van der Waals surface area contributed by atoms with Gasteiger partial charge in [0.2, 0.25) is 12.7 Å². The van der Waals surface area contributed by atoms with E-state index in [1.165, 1.54) is 4.90 Å². The fraction of sp³-hybridized carbons (Fsp3) is 0.346. The van der Waals surface area contributed by atoms with Gasteiger partial charge in [-0.25, -0.2) is 4.68 Å². The number of carbonyl (C=O) groups is 2. The molecule has 2 heterocycles. The molecule has 1 aliphatic rings. The summed E-state index contributed by atoms with van der Waals surface area (Å²) in [7, 11) is 0. The van der Waals surface area contributed by atoms with Gasteiger partial charge in [-0.3, -0.25) is 9.59 Å². The molecule has 0 radical (unpaired) electrons. The summed E-state index contributed by atoms with van der Waals surface area (Å²) < 4.78 is 12.4. The van der Waals surface area contributed by atoms with Crippen molar-refractivity contribution >= 4 is 17.6 Å². The number of aryl methyl sites for hydroxylation is 1. The molecule has 3 aromatic rings. The largest absolute Gasteiger partial charge is 0.454 e. The number of fused-ring (bicyclic) bond motifs is 1. The van der Waals surface area contributed by atoms with Gasteiger partial charge < -0.3 is 19.7 Å². The Morgan fingerprint density at radius 3 is 2.44 bits per heavy atom. The van der Waals surface area contributed by atoms with Crippen LogP contribution >= 0.6 is 0 Å². The number of hydrogen-bond acceptors (Lipinski definition) is 5. The van der Waals surface area contributed by atoms with Crippen molar-refractivity contribution in [2.75, 3.05) is 25.2 Å². The van der Waals surface area contributed by atoms with Crippen molar-refractivity contribution in [1.82, 2.24) is 14.7 Å². The maximum absolute atomic E-state index is 13.1. The van der Waals surface area contributed by atoms with E-state index >= 15 is 0 Å². The van der Waals surface area contributed by atoms with Crippen LogP contribution in [0.3, 0.4) is 0 Å². The van der Waals surface area contributed by atoms with Gasteiger partial charge in [-0.2, -0.15) is 5.10 Å². The number of anilines is 1. The molecule has 4 rings (SSSR count). The predicted octanol–water partition coefficient (Wildman–Crippen LogP) is 4.31. The lowest BCUT2D eigenvalue weighted by Crippen LogP contribution is -2.38. The van der Waals surface area contributed by atoms with Gasteiger partial charge in [0.25, 0.3) is 5.91 Å².